The molecule has 0 spiro atoms. The van der Waals surface area contributed by atoms with Crippen molar-refractivity contribution in [3.8, 4) is 5.75 Å². The molecule has 4 nitrogen and oxygen atoms in total. The molecule has 1 fully saturated rings. The van der Waals surface area contributed by atoms with Crippen LogP contribution in [0.4, 0.5) is 5.69 Å². The van der Waals surface area contributed by atoms with Crippen LogP contribution < -0.4 is 9.64 Å². The van der Waals surface area contributed by atoms with Crippen molar-refractivity contribution in [1.82, 2.24) is 0 Å². The van der Waals surface area contributed by atoms with Gasteiger partial charge in [-0.05, 0) is 36.8 Å². The number of anilines is 1. The van der Waals surface area contributed by atoms with Gasteiger partial charge in [0.1, 0.15) is 11.1 Å². The molecular formula is C24H21NO3S. The van der Waals surface area contributed by atoms with Crippen LogP contribution in [0.5, 0.6) is 5.75 Å². The van der Waals surface area contributed by atoms with Crippen LogP contribution in [-0.2, 0) is 4.79 Å². The Labute approximate surface area is 174 Å². The van der Waals surface area contributed by atoms with Gasteiger partial charge in [-0.25, -0.2) is 0 Å². The van der Waals surface area contributed by atoms with Crippen molar-refractivity contribution in [2.45, 2.75) is 12.3 Å². The molecule has 1 unspecified atom stereocenters. The third-order valence-corrected chi connectivity index (χ3v) is 6.02. The maximum Gasteiger partial charge on any atom is 0.238 e. The quantitative estimate of drug-likeness (QED) is 0.541. The lowest BCUT2D eigenvalue weighted by Gasteiger charge is -2.24. The predicted octanol–water partition coefficient (Wildman–Crippen LogP) is 5.04. The number of thioether (sulfide) groups is 1. The first-order chi connectivity index (χ1) is 14.1. The summed E-state index contributed by atoms with van der Waals surface area (Å²) in [5.74, 6) is 1.14. The number of Topliss-reactive ketones (excluding diaryl/α,β-unsaturated/α-hetero) is 1. The molecule has 1 saturated heterocycles. The highest BCUT2D eigenvalue weighted by Gasteiger charge is 2.33. The van der Waals surface area contributed by atoms with Gasteiger partial charge in [-0.2, -0.15) is 0 Å². The number of rotatable bonds is 6. The molecule has 1 aliphatic heterocycles. The van der Waals surface area contributed by atoms with E-state index in [0.29, 0.717) is 17.1 Å². The smallest absolute Gasteiger partial charge is 0.238 e. The number of carbonyl (C=O) groups excluding carboxylic acids is 2. The lowest BCUT2D eigenvalue weighted by atomic mass is 10.1. The van der Waals surface area contributed by atoms with Crippen LogP contribution in [0.1, 0.15) is 26.9 Å². The van der Waals surface area contributed by atoms with E-state index in [1.54, 1.807) is 23.9 Å². The summed E-state index contributed by atoms with van der Waals surface area (Å²) in [6, 6.07) is 24.7. The largest absolute Gasteiger partial charge is 0.485 e. The zero-order chi connectivity index (χ0) is 20.2. The van der Waals surface area contributed by atoms with E-state index >= 15 is 0 Å². The van der Waals surface area contributed by atoms with E-state index in [1.165, 1.54) is 0 Å². The minimum absolute atomic E-state index is 0.00445. The summed E-state index contributed by atoms with van der Waals surface area (Å²) < 4.78 is 5.65. The van der Waals surface area contributed by atoms with E-state index in [-0.39, 0.29) is 23.7 Å². The van der Waals surface area contributed by atoms with Crippen molar-refractivity contribution >= 4 is 29.1 Å². The molecule has 146 valence electrons. The summed E-state index contributed by atoms with van der Waals surface area (Å²) in [5, 5.41) is -0.0646. The van der Waals surface area contributed by atoms with Crippen LogP contribution >= 0.6 is 11.8 Å². The molecule has 1 heterocycles. The first-order valence-corrected chi connectivity index (χ1v) is 10.5. The van der Waals surface area contributed by atoms with E-state index in [1.807, 2.05) is 78.6 Å². The van der Waals surface area contributed by atoms with Crippen molar-refractivity contribution in [1.29, 1.82) is 0 Å². The fourth-order valence-corrected chi connectivity index (χ4v) is 4.42. The monoisotopic (exact) mass is 403 g/mol. The standard InChI is InChI=1S/C24H21NO3S/c1-17-7-11-20(12-8-17)25-23(27)16-29-24(25)19-9-13-21(14-10-19)28-15-22(26)18-5-3-2-4-6-18/h2-14,24H,15-16H2,1H3. The Bertz CT molecular complexity index is 1000. The molecule has 1 aliphatic rings. The van der Waals surface area contributed by atoms with E-state index in [9.17, 15) is 9.59 Å². The highest BCUT2D eigenvalue weighted by Crippen LogP contribution is 2.42. The number of ketones is 1. The van der Waals surface area contributed by atoms with Crippen LogP contribution in [0, 0.1) is 6.92 Å². The summed E-state index contributed by atoms with van der Waals surface area (Å²) in [6.45, 7) is 2.03. The first kappa shape index (κ1) is 19.3. The third-order valence-electron chi connectivity index (χ3n) is 4.81. The van der Waals surface area contributed by atoms with Gasteiger partial charge in [0.2, 0.25) is 5.91 Å². The van der Waals surface area contributed by atoms with Crippen LogP contribution in [0.2, 0.25) is 0 Å². The fourth-order valence-electron chi connectivity index (χ4n) is 3.24. The molecule has 1 amide bonds. The summed E-state index contributed by atoms with van der Waals surface area (Å²) in [5.41, 5.74) is 3.74. The molecule has 0 bridgehead atoms. The summed E-state index contributed by atoms with van der Waals surface area (Å²) >= 11 is 1.61. The average molecular weight is 404 g/mol. The summed E-state index contributed by atoms with van der Waals surface area (Å²) in [6.07, 6.45) is 0. The Kier molecular flexibility index (Phi) is 5.67. The Morgan fingerprint density at radius 1 is 1.00 bits per heavy atom. The van der Waals surface area contributed by atoms with Crippen LogP contribution in [0.25, 0.3) is 0 Å². The maximum absolute atomic E-state index is 12.5. The van der Waals surface area contributed by atoms with Gasteiger partial charge in [-0.3, -0.25) is 14.5 Å². The normalized spacial score (nSPS) is 16.1. The maximum atomic E-state index is 12.5. The van der Waals surface area contributed by atoms with E-state index in [4.69, 9.17) is 4.74 Å². The molecular weight excluding hydrogens is 382 g/mol. The van der Waals surface area contributed by atoms with E-state index < -0.39 is 0 Å². The Hall–Kier alpha value is -3.05. The minimum Gasteiger partial charge on any atom is -0.485 e. The summed E-state index contributed by atoms with van der Waals surface area (Å²) in [7, 11) is 0. The zero-order valence-electron chi connectivity index (χ0n) is 16.1. The molecule has 1 atom stereocenters. The van der Waals surface area contributed by atoms with Gasteiger partial charge >= 0.3 is 0 Å². The second-order valence-corrected chi connectivity index (χ2v) is 7.98. The third kappa shape index (κ3) is 4.35. The van der Waals surface area contributed by atoms with Crippen molar-refractivity contribution in [3.05, 3.63) is 95.6 Å². The van der Waals surface area contributed by atoms with Gasteiger partial charge in [0.25, 0.3) is 0 Å². The fraction of sp³-hybridized carbons (Fsp3) is 0.167. The molecule has 0 aromatic heterocycles. The molecule has 3 aromatic carbocycles. The van der Waals surface area contributed by atoms with Gasteiger partial charge in [0.15, 0.2) is 12.4 Å². The van der Waals surface area contributed by atoms with Gasteiger partial charge < -0.3 is 4.74 Å². The second kappa shape index (κ2) is 8.53. The predicted molar refractivity (Wildman–Crippen MR) is 117 cm³/mol. The molecule has 3 aromatic rings. The van der Waals surface area contributed by atoms with E-state index in [0.717, 1.165) is 16.8 Å². The van der Waals surface area contributed by atoms with Crippen molar-refractivity contribution < 1.29 is 14.3 Å². The molecule has 0 aliphatic carbocycles. The number of aryl methyl sites for hydroxylation is 1. The number of nitrogens with zero attached hydrogens (tertiary/aromatic N) is 1. The van der Waals surface area contributed by atoms with Crippen molar-refractivity contribution in [2.75, 3.05) is 17.3 Å². The topological polar surface area (TPSA) is 46.6 Å². The lowest BCUT2D eigenvalue weighted by Crippen LogP contribution is -2.27. The molecule has 0 N–H and O–H groups in total. The van der Waals surface area contributed by atoms with E-state index in [2.05, 4.69) is 0 Å². The molecule has 29 heavy (non-hydrogen) atoms. The number of benzene rings is 3. The van der Waals surface area contributed by atoms with Gasteiger partial charge in [0, 0.05) is 11.3 Å². The molecule has 4 rings (SSSR count). The zero-order valence-corrected chi connectivity index (χ0v) is 16.9. The second-order valence-electron chi connectivity index (χ2n) is 6.91. The van der Waals surface area contributed by atoms with Gasteiger partial charge in [-0.1, -0.05) is 60.2 Å². The van der Waals surface area contributed by atoms with Crippen LogP contribution in [0.15, 0.2) is 78.9 Å². The average Bonchev–Trinajstić information content (AvgIpc) is 3.15. The van der Waals surface area contributed by atoms with Crippen LogP contribution in [-0.4, -0.2) is 24.1 Å². The highest BCUT2D eigenvalue weighted by molar-refractivity contribution is 8.00. The minimum atomic E-state index is -0.0646. The SMILES string of the molecule is Cc1ccc(N2C(=O)CSC2c2ccc(OCC(=O)c3ccccc3)cc2)cc1. The molecule has 5 heteroatoms. The van der Waals surface area contributed by atoms with Gasteiger partial charge in [0.05, 0.1) is 5.75 Å². The van der Waals surface area contributed by atoms with Crippen molar-refractivity contribution in [2.24, 2.45) is 0 Å². The number of carbonyl (C=O) groups is 2. The Morgan fingerprint density at radius 2 is 1.69 bits per heavy atom. The Morgan fingerprint density at radius 3 is 2.38 bits per heavy atom. The van der Waals surface area contributed by atoms with Gasteiger partial charge in [-0.15, -0.1) is 11.8 Å². The van der Waals surface area contributed by atoms with Crippen LogP contribution in [0.3, 0.4) is 0 Å². The number of hydrogen-bond acceptors (Lipinski definition) is 4. The molecule has 0 saturated carbocycles. The highest BCUT2D eigenvalue weighted by atomic mass is 32.2. The summed E-state index contributed by atoms with van der Waals surface area (Å²) in [4.78, 5) is 26.5. The number of amides is 1. The van der Waals surface area contributed by atoms with Crippen molar-refractivity contribution in [3.63, 3.8) is 0 Å². The number of ether oxygens (including phenoxy) is 1. The Balaban J connectivity index is 1.45. The number of hydrogen-bond donors (Lipinski definition) is 0. The molecule has 0 radical (unpaired) electrons. The lowest BCUT2D eigenvalue weighted by molar-refractivity contribution is -0.115. The first-order valence-electron chi connectivity index (χ1n) is 9.43.